The number of anilines is 2. The van der Waals surface area contributed by atoms with E-state index < -0.39 is 20.7 Å². The van der Waals surface area contributed by atoms with Crippen LogP contribution in [0.1, 0.15) is 18.1 Å². The number of sulfonamides is 1. The van der Waals surface area contributed by atoms with E-state index in [-0.39, 0.29) is 17.1 Å². The van der Waals surface area contributed by atoms with Gasteiger partial charge >= 0.3 is 0 Å². The van der Waals surface area contributed by atoms with E-state index in [1.165, 1.54) is 19.2 Å². The number of hydrogen-bond acceptors (Lipinski definition) is 4. The Morgan fingerprint density at radius 3 is 2.80 bits per heavy atom. The summed E-state index contributed by atoms with van der Waals surface area (Å²) in [5.74, 6) is -0.587. The van der Waals surface area contributed by atoms with Crippen molar-refractivity contribution in [2.45, 2.75) is 25.2 Å². The minimum atomic E-state index is -4.07. The molecule has 20 heavy (non-hydrogen) atoms. The largest absolute Gasteiger partial charge is 0.399 e. The summed E-state index contributed by atoms with van der Waals surface area (Å²) >= 11 is 0. The first-order valence-electron chi connectivity index (χ1n) is 5.96. The lowest BCUT2D eigenvalue weighted by Crippen LogP contribution is -2.16. The summed E-state index contributed by atoms with van der Waals surface area (Å²) in [6, 6.07) is 2.47. The number of nitrogens with zero attached hydrogens (tertiary/aromatic N) is 1. The average molecular weight is 298 g/mol. The minimum Gasteiger partial charge on any atom is -0.399 e. The number of nitrogens with two attached hydrogens (primary N) is 1. The average Bonchev–Trinajstić information content (AvgIpc) is 2.80. The number of aromatic nitrogens is 2. The zero-order chi connectivity index (χ0) is 14.9. The molecule has 0 bridgehead atoms. The van der Waals surface area contributed by atoms with Crippen molar-refractivity contribution in [3.8, 4) is 0 Å². The van der Waals surface area contributed by atoms with Crippen LogP contribution in [0.5, 0.6) is 0 Å². The Labute approximate surface area is 116 Å². The maximum atomic E-state index is 14.0. The van der Waals surface area contributed by atoms with E-state index in [4.69, 9.17) is 5.73 Å². The highest BCUT2D eigenvalue weighted by Gasteiger charge is 2.22. The van der Waals surface area contributed by atoms with Gasteiger partial charge in [-0.15, -0.1) is 0 Å². The maximum absolute atomic E-state index is 14.0. The van der Waals surface area contributed by atoms with Crippen LogP contribution in [0.25, 0.3) is 0 Å². The molecule has 8 heteroatoms. The molecule has 2 rings (SSSR count). The molecule has 1 aromatic carbocycles. The Kier molecular flexibility index (Phi) is 3.67. The number of nitrogen functional groups attached to an aromatic ring is 1. The van der Waals surface area contributed by atoms with Gasteiger partial charge < -0.3 is 5.73 Å². The lowest BCUT2D eigenvalue weighted by Gasteiger charge is -2.10. The van der Waals surface area contributed by atoms with E-state index in [2.05, 4.69) is 14.9 Å². The third-order valence-corrected chi connectivity index (χ3v) is 4.22. The van der Waals surface area contributed by atoms with Gasteiger partial charge in [-0.05, 0) is 31.0 Å². The van der Waals surface area contributed by atoms with Crippen molar-refractivity contribution in [3.63, 3.8) is 0 Å². The van der Waals surface area contributed by atoms with Crippen LogP contribution in [0.3, 0.4) is 0 Å². The van der Waals surface area contributed by atoms with Crippen LogP contribution in [-0.4, -0.2) is 18.6 Å². The molecule has 0 aliphatic heterocycles. The molecule has 0 spiro atoms. The van der Waals surface area contributed by atoms with Crippen LogP contribution < -0.4 is 10.5 Å². The first kappa shape index (κ1) is 14.3. The molecule has 0 radical (unpaired) electrons. The van der Waals surface area contributed by atoms with Crippen molar-refractivity contribution in [1.29, 1.82) is 0 Å². The molecule has 6 nitrogen and oxygen atoms in total. The number of aromatic amines is 1. The molecule has 108 valence electrons. The Morgan fingerprint density at radius 2 is 2.15 bits per heavy atom. The Morgan fingerprint density at radius 1 is 1.45 bits per heavy atom. The van der Waals surface area contributed by atoms with Gasteiger partial charge in [0.25, 0.3) is 10.0 Å². The van der Waals surface area contributed by atoms with Gasteiger partial charge in [-0.1, -0.05) is 6.92 Å². The molecule has 4 N–H and O–H groups in total. The summed E-state index contributed by atoms with van der Waals surface area (Å²) < 4.78 is 40.8. The lowest BCUT2D eigenvalue weighted by atomic mass is 10.2. The standard InChI is InChI=1S/C12H15FN4O2S/c1-3-8-6-15-16-12(8)17-20(18,19)10-5-9(14)4-7(2)11(10)13/h4-6H,3,14H2,1-2H3,(H2,15,16,17). The molecule has 1 aromatic heterocycles. The van der Waals surface area contributed by atoms with Gasteiger partial charge in [0.05, 0.1) is 6.20 Å². The highest BCUT2D eigenvalue weighted by atomic mass is 32.2. The summed E-state index contributed by atoms with van der Waals surface area (Å²) in [7, 11) is -4.07. The van der Waals surface area contributed by atoms with E-state index >= 15 is 0 Å². The molecule has 0 unspecified atom stereocenters. The third kappa shape index (κ3) is 2.60. The molecule has 1 heterocycles. The highest BCUT2D eigenvalue weighted by Crippen LogP contribution is 2.24. The number of nitrogens with one attached hydrogen (secondary N) is 2. The number of benzene rings is 1. The Bertz CT molecular complexity index is 740. The molecule has 0 fully saturated rings. The van der Waals surface area contributed by atoms with E-state index in [1.54, 1.807) is 0 Å². The normalized spacial score (nSPS) is 11.6. The van der Waals surface area contributed by atoms with Gasteiger partial charge in [-0.25, -0.2) is 12.8 Å². The smallest absolute Gasteiger partial charge is 0.266 e. The monoisotopic (exact) mass is 298 g/mol. The van der Waals surface area contributed by atoms with Crippen molar-refractivity contribution in [3.05, 3.63) is 35.3 Å². The predicted octanol–water partition coefficient (Wildman–Crippen LogP) is 1.80. The quantitative estimate of drug-likeness (QED) is 0.749. The van der Waals surface area contributed by atoms with Crippen molar-refractivity contribution in [1.82, 2.24) is 10.2 Å². The second-order valence-corrected chi connectivity index (χ2v) is 6.03. The number of hydrogen-bond donors (Lipinski definition) is 3. The van der Waals surface area contributed by atoms with Gasteiger partial charge in [0, 0.05) is 11.3 Å². The Hall–Kier alpha value is -2.09. The van der Waals surface area contributed by atoms with Crippen LogP contribution in [0.15, 0.2) is 23.2 Å². The van der Waals surface area contributed by atoms with E-state index in [0.29, 0.717) is 12.0 Å². The van der Waals surface area contributed by atoms with Crippen LogP contribution in [0.4, 0.5) is 15.9 Å². The summed E-state index contributed by atoms with van der Waals surface area (Å²) in [5, 5.41) is 6.30. The second kappa shape index (κ2) is 5.12. The summed E-state index contributed by atoms with van der Waals surface area (Å²) in [4.78, 5) is -0.480. The van der Waals surface area contributed by atoms with Gasteiger partial charge in [0.1, 0.15) is 16.5 Å². The minimum absolute atomic E-state index is 0.172. The molecule has 0 saturated carbocycles. The predicted molar refractivity (Wildman–Crippen MR) is 74.3 cm³/mol. The third-order valence-electron chi connectivity index (χ3n) is 2.87. The van der Waals surface area contributed by atoms with Crippen LogP contribution in [-0.2, 0) is 16.4 Å². The molecule has 2 aromatic rings. The van der Waals surface area contributed by atoms with Gasteiger partial charge in [-0.3, -0.25) is 9.82 Å². The molecule has 0 atom stereocenters. The van der Waals surface area contributed by atoms with E-state index in [9.17, 15) is 12.8 Å². The molecule has 0 aliphatic carbocycles. The molecular formula is C12H15FN4O2S. The maximum Gasteiger partial charge on any atom is 0.266 e. The Balaban J connectivity index is 2.46. The van der Waals surface area contributed by atoms with E-state index in [1.807, 2.05) is 6.92 Å². The molecule has 0 aliphatic rings. The topological polar surface area (TPSA) is 101 Å². The fraction of sp³-hybridized carbons (Fsp3) is 0.250. The number of H-pyrrole nitrogens is 1. The first-order chi connectivity index (χ1) is 9.35. The lowest BCUT2D eigenvalue weighted by molar-refractivity contribution is 0.565. The van der Waals surface area contributed by atoms with Crippen molar-refractivity contribution in [2.24, 2.45) is 0 Å². The number of halogens is 1. The zero-order valence-corrected chi connectivity index (χ0v) is 11.9. The van der Waals surface area contributed by atoms with Crippen molar-refractivity contribution >= 4 is 21.5 Å². The SMILES string of the molecule is CCc1cn[nH]c1NS(=O)(=O)c1cc(N)cc(C)c1F. The van der Waals surface area contributed by atoms with Gasteiger partial charge in [0.15, 0.2) is 0 Å². The van der Waals surface area contributed by atoms with Crippen molar-refractivity contribution < 1.29 is 12.8 Å². The molecule has 0 saturated heterocycles. The summed E-state index contributed by atoms with van der Waals surface area (Å²) in [6.07, 6.45) is 2.10. The fourth-order valence-corrected chi connectivity index (χ4v) is 3.06. The number of aryl methyl sites for hydroxylation is 2. The van der Waals surface area contributed by atoms with Gasteiger partial charge in [0.2, 0.25) is 0 Å². The second-order valence-electron chi connectivity index (χ2n) is 4.38. The van der Waals surface area contributed by atoms with Crippen molar-refractivity contribution in [2.75, 3.05) is 10.5 Å². The van der Waals surface area contributed by atoms with E-state index in [0.717, 1.165) is 6.07 Å². The highest BCUT2D eigenvalue weighted by molar-refractivity contribution is 7.92. The molecule has 0 amide bonds. The van der Waals surface area contributed by atoms with Crippen LogP contribution >= 0.6 is 0 Å². The van der Waals surface area contributed by atoms with Crippen LogP contribution in [0, 0.1) is 12.7 Å². The zero-order valence-electron chi connectivity index (χ0n) is 11.1. The first-order valence-corrected chi connectivity index (χ1v) is 7.44. The fourth-order valence-electron chi connectivity index (χ4n) is 1.82. The van der Waals surface area contributed by atoms with Gasteiger partial charge in [-0.2, -0.15) is 5.10 Å². The molecular weight excluding hydrogens is 283 g/mol. The van der Waals surface area contributed by atoms with Crippen LogP contribution in [0.2, 0.25) is 0 Å². The summed E-state index contributed by atoms with van der Waals surface area (Å²) in [5.41, 5.74) is 6.62. The summed E-state index contributed by atoms with van der Waals surface area (Å²) in [6.45, 7) is 3.31. The number of rotatable bonds is 4.